The van der Waals surface area contributed by atoms with Crippen molar-refractivity contribution < 1.29 is 0 Å². The molecule has 25 heavy (non-hydrogen) atoms. The predicted molar refractivity (Wildman–Crippen MR) is 98.0 cm³/mol. The Hall–Kier alpha value is -2.76. The standard InChI is InChI=1S/C19H20N6/c1-10(2)15-7-19(15)11(3)23-17-14(19)6-12(8-21-17)13-4-5-25-16(13)9-22-18(20)24-25/h4-6,8-10,15H,7H2,1-3H3,(H2,20,24)/t15?,19-/m1/s1. The van der Waals surface area contributed by atoms with Crippen LogP contribution in [-0.2, 0) is 5.41 Å². The van der Waals surface area contributed by atoms with E-state index in [0.29, 0.717) is 11.8 Å². The first-order chi connectivity index (χ1) is 12.0. The molecule has 3 aromatic rings. The van der Waals surface area contributed by atoms with Gasteiger partial charge in [0.15, 0.2) is 5.82 Å². The van der Waals surface area contributed by atoms with Gasteiger partial charge in [-0.2, -0.15) is 0 Å². The largest absolute Gasteiger partial charge is 0.367 e. The Morgan fingerprint density at radius 1 is 1.28 bits per heavy atom. The van der Waals surface area contributed by atoms with Crippen molar-refractivity contribution in [1.82, 2.24) is 19.6 Å². The van der Waals surface area contributed by atoms with Crippen molar-refractivity contribution in [2.45, 2.75) is 32.6 Å². The third kappa shape index (κ3) is 1.85. The van der Waals surface area contributed by atoms with Crippen molar-refractivity contribution in [2.24, 2.45) is 16.8 Å². The summed E-state index contributed by atoms with van der Waals surface area (Å²) in [7, 11) is 0. The molecule has 1 aliphatic carbocycles. The van der Waals surface area contributed by atoms with E-state index < -0.39 is 0 Å². The Kier molecular flexibility index (Phi) is 2.71. The van der Waals surface area contributed by atoms with Gasteiger partial charge in [-0.25, -0.2) is 19.5 Å². The minimum absolute atomic E-state index is 0.100. The lowest BCUT2D eigenvalue weighted by Crippen LogP contribution is -2.18. The highest BCUT2D eigenvalue weighted by Crippen LogP contribution is 2.63. The summed E-state index contributed by atoms with van der Waals surface area (Å²) >= 11 is 0. The number of fused-ring (bicyclic) bond motifs is 3. The normalized spacial score (nSPS) is 24.2. The van der Waals surface area contributed by atoms with E-state index in [-0.39, 0.29) is 11.4 Å². The maximum Gasteiger partial charge on any atom is 0.238 e. The van der Waals surface area contributed by atoms with Gasteiger partial charge in [-0.1, -0.05) is 13.8 Å². The number of pyridine rings is 1. The summed E-state index contributed by atoms with van der Waals surface area (Å²) in [5.74, 6) is 2.45. The molecule has 1 unspecified atom stereocenters. The number of anilines is 1. The highest BCUT2D eigenvalue weighted by Gasteiger charge is 2.61. The summed E-state index contributed by atoms with van der Waals surface area (Å²) in [5, 5.41) is 4.22. The Labute approximate surface area is 145 Å². The second-order valence-corrected chi connectivity index (χ2v) is 7.49. The van der Waals surface area contributed by atoms with Gasteiger partial charge < -0.3 is 5.73 Å². The Bertz CT molecular complexity index is 1050. The van der Waals surface area contributed by atoms with Crippen LogP contribution in [0.25, 0.3) is 16.6 Å². The van der Waals surface area contributed by atoms with Crippen LogP contribution in [-0.4, -0.2) is 25.3 Å². The van der Waals surface area contributed by atoms with Crippen LogP contribution in [0.3, 0.4) is 0 Å². The molecule has 0 amide bonds. The molecule has 0 aromatic carbocycles. The van der Waals surface area contributed by atoms with Crippen LogP contribution in [0.15, 0.2) is 35.7 Å². The van der Waals surface area contributed by atoms with E-state index in [1.165, 1.54) is 17.7 Å². The Morgan fingerprint density at radius 3 is 2.88 bits per heavy atom. The predicted octanol–water partition coefficient (Wildman–Crippen LogP) is 3.39. The zero-order valence-electron chi connectivity index (χ0n) is 14.6. The van der Waals surface area contributed by atoms with Crippen molar-refractivity contribution in [1.29, 1.82) is 0 Å². The summed E-state index contributed by atoms with van der Waals surface area (Å²) in [4.78, 5) is 13.5. The van der Waals surface area contributed by atoms with Gasteiger partial charge in [0.1, 0.15) is 0 Å². The molecule has 2 N–H and O–H groups in total. The first-order valence-corrected chi connectivity index (χ1v) is 8.67. The summed E-state index contributed by atoms with van der Waals surface area (Å²) in [6.07, 6.45) is 6.74. The molecule has 6 heteroatoms. The summed E-state index contributed by atoms with van der Waals surface area (Å²) in [6.45, 7) is 6.74. The molecule has 1 fully saturated rings. The van der Waals surface area contributed by atoms with E-state index in [0.717, 1.165) is 22.5 Å². The first-order valence-electron chi connectivity index (χ1n) is 8.67. The zero-order valence-corrected chi connectivity index (χ0v) is 14.6. The Balaban J connectivity index is 1.65. The molecule has 1 aliphatic heterocycles. The molecule has 2 atom stereocenters. The molecule has 2 aliphatic rings. The molecule has 4 heterocycles. The quantitative estimate of drug-likeness (QED) is 0.780. The van der Waals surface area contributed by atoms with Crippen LogP contribution in [0.1, 0.15) is 32.8 Å². The minimum atomic E-state index is 0.100. The molecule has 1 saturated carbocycles. The van der Waals surface area contributed by atoms with Crippen molar-refractivity contribution >= 4 is 23.0 Å². The van der Waals surface area contributed by atoms with Crippen LogP contribution in [0.5, 0.6) is 0 Å². The number of aromatic nitrogens is 4. The van der Waals surface area contributed by atoms with Crippen LogP contribution >= 0.6 is 0 Å². The number of nitrogens with two attached hydrogens (primary N) is 1. The van der Waals surface area contributed by atoms with Crippen molar-refractivity contribution in [3.8, 4) is 11.1 Å². The molecule has 126 valence electrons. The van der Waals surface area contributed by atoms with Crippen molar-refractivity contribution in [2.75, 3.05) is 5.73 Å². The minimum Gasteiger partial charge on any atom is -0.367 e. The summed E-state index contributed by atoms with van der Waals surface area (Å²) in [5.41, 5.74) is 11.3. The molecule has 0 bridgehead atoms. The molecular formula is C19H20N6. The van der Waals surface area contributed by atoms with Crippen molar-refractivity contribution in [3.05, 3.63) is 36.3 Å². The topological polar surface area (TPSA) is 81.5 Å². The average molecular weight is 332 g/mol. The molecule has 5 rings (SSSR count). The van der Waals surface area contributed by atoms with Gasteiger partial charge in [0, 0.05) is 40.2 Å². The van der Waals surface area contributed by atoms with E-state index in [2.05, 4.69) is 41.9 Å². The average Bonchev–Trinajstić information content (AvgIpc) is 3.13. The smallest absolute Gasteiger partial charge is 0.238 e. The third-order valence-corrected chi connectivity index (χ3v) is 5.83. The third-order valence-electron chi connectivity index (χ3n) is 5.83. The van der Waals surface area contributed by atoms with Gasteiger partial charge in [0.25, 0.3) is 0 Å². The second-order valence-electron chi connectivity index (χ2n) is 7.49. The molecule has 6 nitrogen and oxygen atoms in total. The molecule has 0 saturated heterocycles. The lowest BCUT2D eigenvalue weighted by molar-refractivity contribution is 0.530. The number of nitrogens with zero attached hydrogens (tertiary/aromatic N) is 5. The molecule has 1 spiro atoms. The number of hydrogen-bond donors (Lipinski definition) is 1. The summed E-state index contributed by atoms with van der Waals surface area (Å²) < 4.78 is 1.76. The van der Waals surface area contributed by atoms with Gasteiger partial charge in [0.2, 0.25) is 5.95 Å². The van der Waals surface area contributed by atoms with Gasteiger partial charge in [0.05, 0.1) is 11.7 Å². The van der Waals surface area contributed by atoms with Crippen LogP contribution in [0.4, 0.5) is 11.8 Å². The van der Waals surface area contributed by atoms with E-state index in [1.54, 1.807) is 10.7 Å². The Morgan fingerprint density at radius 2 is 2.12 bits per heavy atom. The van der Waals surface area contributed by atoms with E-state index in [1.807, 2.05) is 18.5 Å². The lowest BCUT2D eigenvalue weighted by atomic mass is 9.87. The highest BCUT2D eigenvalue weighted by molar-refractivity contribution is 6.03. The maximum atomic E-state index is 5.68. The highest BCUT2D eigenvalue weighted by atomic mass is 15.3. The van der Waals surface area contributed by atoms with Crippen LogP contribution < -0.4 is 5.73 Å². The monoisotopic (exact) mass is 332 g/mol. The molecule has 0 radical (unpaired) electrons. The van der Waals surface area contributed by atoms with E-state index in [4.69, 9.17) is 10.7 Å². The molecular weight excluding hydrogens is 312 g/mol. The van der Waals surface area contributed by atoms with Gasteiger partial charge in [-0.15, -0.1) is 5.10 Å². The fourth-order valence-corrected chi connectivity index (χ4v) is 4.45. The fourth-order valence-electron chi connectivity index (χ4n) is 4.45. The van der Waals surface area contributed by atoms with Gasteiger partial charge in [-0.3, -0.25) is 0 Å². The van der Waals surface area contributed by atoms with Crippen LogP contribution in [0, 0.1) is 11.8 Å². The zero-order chi connectivity index (χ0) is 17.3. The number of rotatable bonds is 2. The summed E-state index contributed by atoms with van der Waals surface area (Å²) in [6, 6.07) is 4.30. The second kappa shape index (κ2) is 4.65. The van der Waals surface area contributed by atoms with E-state index in [9.17, 15) is 0 Å². The number of hydrogen-bond acceptors (Lipinski definition) is 5. The van der Waals surface area contributed by atoms with Crippen LogP contribution in [0.2, 0.25) is 0 Å². The van der Waals surface area contributed by atoms with Gasteiger partial charge in [-0.05, 0) is 37.3 Å². The van der Waals surface area contributed by atoms with Gasteiger partial charge >= 0.3 is 0 Å². The maximum absolute atomic E-state index is 5.68. The number of nitrogen functional groups attached to an aromatic ring is 1. The first kappa shape index (κ1) is 14.6. The van der Waals surface area contributed by atoms with Crippen molar-refractivity contribution in [3.63, 3.8) is 0 Å². The fraction of sp³-hybridized carbons (Fsp3) is 0.368. The van der Waals surface area contributed by atoms with E-state index >= 15 is 0 Å². The number of aliphatic imine (C=N–C) groups is 1. The lowest BCUT2D eigenvalue weighted by Gasteiger charge is -2.15. The molecule has 3 aromatic heterocycles. The SMILES string of the molecule is CC1=Nc2ncc(-c3ccn4nc(N)ncc34)cc2[C@@]12CC2C(C)C.